The van der Waals surface area contributed by atoms with Crippen molar-refractivity contribution in [1.29, 1.82) is 0 Å². The number of para-hydroxylation sites is 4. The van der Waals surface area contributed by atoms with Crippen molar-refractivity contribution in [2.24, 2.45) is 11.8 Å². The topological polar surface area (TPSA) is 329 Å². The van der Waals surface area contributed by atoms with Crippen LogP contribution in [0, 0.1) is 11.8 Å². The van der Waals surface area contributed by atoms with E-state index in [1.807, 2.05) is 162 Å². The Morgan fingerprint density at radius 1 is 0.487 bits per heavy atom. The molecule has 115 heavy (non-hydrogen) atoms. The number of alkyl carbamates (subject to hydrolysis) is 2. The van der Waals surface area contributed by atoms with Gasteiger partial charge in [-0.15, -0.1) is 22.7 Å². The summed E-state index contributed by atoms with van der Waals surface area (Å²) in [5.74, 6) is -3.45. The van der Waals surface area contributed by atoms with E-state index in [0.717, 1.165) is 112 Å². The Kier molecular flexibility index (Phi) is 26.9. The number of allylic oxidation sites excluding steroid dienone is 2. The Morgan fingerprint density at radius 2 is 0.904 bits per heavy atom. The van der Waals surface area contributed by atoms with Gasteiger partial charge in [0.2, 0.25) is 35.4 Å². The molecule has 2 saturated heterocycles. The first-order valence-electron chi connectivity index (χ1n) is 40.7. The Bertz CT molecular complexity index is 4760. The zero-order valence-electron chi connectivity index (χ0n) is 64.4. The fraction of sp³-hybridized carbons (Fsp3) is 0.455. The number of ether oxygens (including phenoxy) is 5. The van der Waals surface area contributed by atoms with Crippen molar-refractivity contribution in [1.82, 2.24) is 51.0 Å². The molecule has 4 saturated carbocycles. The van der Waals surface area contributed by atoms with Gasteiger partial charge in [0.1, 0.15) is 71.0 Å². The normalized spacial score (nSPS) is 25.7. The third-order valence-electron chi connectivity index (χ3n) is 22.8. The van der Waals surface area contributed by atoms with Crippen LogP contribution in [-0.2, 0) is 55.8 Å². The molecule has 2 unspecified atom stereocenters. The molecule has 6 N–H and O–H groups in total. The summed E-state index contributed by atoms with van der Waals surface area (Å²) in [5.41, 5.74) is 3.40. The van der Waals surface area contributed by atoms with E-state index in [-0.39, 0.29) is 75.5 Å². The molecular formula is C88H100N10O15S2. The van der Waals surface area contributed by atoms with Crippen molar-refractivity contribution in [3.05, 3.63) is 180 Å². The molecule has 25 nitrogen and oxygen atoms in total. The number of aliphatic hydroxyl groups excluding tert-OH is 1. The summed E-state index contributed by atoms with van der Waals surface area (Å²) in [6, 6.07) is 38.6. The van der Waals surface area contributed by atoms with Crippen molar-refractivity contribution in [2.75, 3.05) is 26.3 Å². The molecule has 6 fully saturated rings. The van der Waals surface area contributed by atoms with Crippen LogP contribution in [-0.4, -0.2) is 174 Å². The molecule has 8 aromatic rings. The van der Waals surface area contributed by atoms with Crippen LogP contribution in [0.4, 0.5) is 9.59 Å². The average Bonchev–Trinajstić information content (AvgIpc) is 1.58. The first kappa shape index (κ1) is 80.9. The van der Waals surface area contributed by atoms with Crippen LogP contribution in [0.1, 0.15) is 152 Å². The van der Waals surface area contributed by atoms with Gasteiger partial charge in [-0.2, -0.15) is 0 Å². The van der Waals surface area contributed by atoms with Gasteiger partial charge in [-0.1, -0.05) is 147 Å². The first-order valence-corrected chi connectivity index (χ1v) is 42.4. The molecule has 8 aliphatic rings. The molecular weight excluding hydrogens is 1500 g/mol. The quantitative estimate of drug-likeness (QED) is 0.0280. The SMILES string of the molecule is O=C(N[C@H]1CCCCC/C=C\C2C[C@]2(C(=O)O)NC(=O)[C@@H]2C[C@@H](Oc3nc4ccccc4nc3-c3cccs3)CN2C1=O)OC1CCCC1.O=C(N[C@H]1CCCCC/C=C\C2C[C@]2(C(=O)OCCc2ccccc2)NC(=O)[C@@H]2C[C@@H](Oc3nc4ccccc4nc3-c3cccs3)CN2C1=O)OC1CCCC1.OCCc1ccccc1. The smallest absolute Gasteiger partial charge is 0.408 e. The molecule has 10 atom stereocenters. The van der Waals surface area contributed by atoms with Crippen molar-refractivity contribution in [3.8, 4) is 32.9 Å². The van der Waals surface area contributed by atoms with E-state index in [9.17, 15) is 43.5 Å². The Hall–Kier alpha value is -10.6. The largest absolute Gasteiger partial charge is 0.479 e. The maximum Gasteiger partial charge on any atom is 0.408 e. The number of carbonyl (C=O) groups excluding carboxylic acids is 7. The number of fused-ring (bicyclic) bond motifs is 6. The Balaban J connectivity index is 0.000000173. The molecule has 4 aromatic carbocycles. The number of carbonyl (C=O) groups is 8. The van der Waals surface area contributed by atoms with Crippen LogP contribution < -0.4 is 30.7 Å². The van der Waals surface area contributed by atoms with Gasteiger partial charge in [0, 0.05) is 37.7 Å². The maximum absolute atomic E-state index is 14.7. The van der Waals surface area contributed by atoms with Gasteiger partial charge < -0.3 is 65.0 Å². The number of amides is 6. The molecule has 4 aliphatic heterocycles. The number of aliphatic carboxylic acids is 1. The lowest BCUT2D eigenvalue weighted by atomic mass is 10.0. The van der Waals surface area contributed by atoms with E-state index >= 15 is 0 Å². The fourth-order valence-electron chi connectivity index (χ4n) is 16.4. The van der Waals surface area contributed by atoms with E-state index in [0.29, 0.717) is 77.9 Å². The number of aromatic nitrogens is 4. The third kappa shape index (κ3) is 20.4. The van der Waals surface area contributed by atoms with Crippen molar-refractivity contribution in [3.63, 3.8) is 0 Å². The van der Waals surface area contributed by atoms with E-state index in [1.54, 1.807) is 0 Å². The van der Waals surface area contributed by atoms with Crippen LogP contribution in [0.25, 0.3) is 43.2 Å². The lowest BCUT2D eigenvalue weighted by molar-refractivity contribution is -0.150. The number of nitrogens with one attached hydrogen (secondary N) is 4. The number of aliphatic hydroxyl groups is 1. The molecule has 6 amide bonds. The van der Waals surface area contributed by atoms with Crippen LogP contribution in [0.2, 0.25) is 0 Å². The zero-order valence-corrected chi connectivity index (χ0v) is 66.1. The summed E-state index contributed by atoms with van der Waals surface area (Å²) >= 11 is 3.01. The molecule has 0 bridgehead atoms. The lowest BCUT2D eigenvalue weighted by Crippen LogP contribution is -2.56. The number of carboxylic acid groups (broad SMARTS) is 1. The highest BCUT2D eigenvalue weighted by atomic mass is 32.1. The number of esters is 1. The van der Waals surface area contributed by atoms with Crippen LogP contribution in [0.15, 0.2) is 169 Å². The summed E-state index contributed by atoms with van der Waals surface area (Å²) < 4.78 is 30.3. The maximum atomic E-state index is 14.7. The van der Waals surface area contributed by atoms with Gasteiger partial charge in [-0.3, -0.25) is 19.2 Å². The van der Waals surface area contributed by atoms with E-state index in [4.69, 9.17) is 48.7 Å². The summed E-state index contributed by atoms with van der Waals surface area (Å²) in [7, 11) is 0. The molecule has 16 rings (SSSR count). The second-order valence-corrected chi connectivity index (χ2v) is 32.9. The average molecular weight is 1600 g/mol. The number of hydrogen-bond donors (Lipinski definition) is 6. The minimum Gasteiger partial charge on any atom is -0.479 e. The number of nitrogens with zero attached hydrogens (tertiary/aromatic N) is 6. The van der Waals surface area contributed by atoms with Crippen LogP contribution >= 0.6 is 22.7 Å². The molecule has 604 valence electrons. The summed E-state index contributed by atoms with van der Waals surface area (Å²) in [4.78, 5) is 134. The van der Waals surface area contributed by atoms with Gasteiger partial charge in [0.15, 0.2) is 0 Å². The molecule has 0 spiro atoms. The molecule has 8 heterocycles. The van der Waals surface area contributed by atoms with Gasteiger partial charge >= 0.3 is 24.1 Å². The first-order chi connectivity index (χ1) is 56.1. The number of benzene rings is 4. The van der Waals surface area contributed by atoms with E-state index in [1.165, 1.54) is 38.0 Å². The highest BCUT2D eigenvalue weighted by Crippen LogP contribution is 2.48. The van der Waals surface area contributed by atoms with Gasteiger partial charge in [0.05, 0.1) is 51.5 Å². The number of thiophene rings is 2. The second-order valence-electron chi connectivity index (χ2n) is 31.0. The summed E-state index contributed by atoms with van der Waals surface area (Å²) in [5, 5.41) is 34.2. The minimum absolute atomic E-state index is 0.0363. The number of carboxylic acids is 1. The summed E-state index contributed by atoms with van der Waals surface area (Å²) in [6.07, 6.45) is 21.5. The lowest BCUT2D eigenvalue weighted by Gasteiger charge is -2.29. The zero-order chi connectivity index (χ0) is 79.7. The van der Waals surface area contributed by atoms with Crippen LogP contribution in [0.3, 0.4) is 0 Å². The van der Waals surface area contributed by atoms with Crippen molar-refractivity contribution in [2.45, 2.75) is 214 Å². The molecule has 4 aromatic heterocycles. The number of rotatable bonds is 17. The fourth-order valence-corrected chi connectivity index (χ4v) is 17.8. The van der Waals surface area contributed by atoms with Crippen LogP contribution in [0.5, 0.6) is 11.8 Å². The number of hydrogen-bond acceptors (Lipinski definition) is 20. The van der Waals surface area contributed by atoms with Crippen molar-refractivity contribution < 1.29 is 72.3 Å². The minimum atomic E-state index is -1.43. The second kappa shape index (κ2) is 38.2. The van der Waals surface area contributed by atoms with E-state index < -0.39 is 95.2 Å². The van der Waals surface area contributed by atoms with E-state index in [2.05, 4.69) is 27.3 Å². The predicted octanol–water partition coefficient (Wildman–Crippen LogP) is 13.4. The summed E-state index contributed by atoms with van der Waals surface area (Å²) in [6.45, 7) is 0.506. The standard InChI is InChI=1S/C44H49N5O7S.C36H41N5O7S.C8H10O/c50-39-36-26-32(55-40-38(37-22-13-25-57-37)45-33-19-11-12-20-34(33)46-40)28-49(36)41(51)35(47-43(53)56-31-17-9-10-18-31)21-8-3-1-2-7-16-30-27-44(30,48-39)42(52)54-24-23-29-14-5-4-6-15-29;42-31-28-19-24(47-32-30(29-17-10-18-49-29)37-25-14-8-9-15-26(25)38-32)21-41(28)33(43)27(39-35(46)48-23-12-6-7-13-23)16-5-3-1-2-4-11-22-20-36(22,40-31)34(44)45;9-7-6-8-4-2-1-3-5-8/h4-7,11-16,19-20,22,25,30-32,35-36H,1-3,8-10,17-18,21,23-24,26-28H2,(H,47,53)(H,48,50);4,8-11,14-15,17-18,22-24,27-28H,1-3,5-7,12-13,16,19-21H2,(H,39,46)(H,40,42)(H,44,45);1-5,9H,6-7H2/b16-7-;11-4-;/t30?,32-,35+,36+,44+;22?,24-,27+,28+,36+;/m11./s1. The molecule has 4 aliphatic carbocycles. The third-order valence-corrected chi connectivity index (χ3v) is 24.6. The monoisotopic (exact) mass is 1600 g/mol. The highest BCUT2D eigenvalue weighted by molar-refractivity contribution is 7.13. The Morgan fingerprint density at radius 3 is 1.35 bits per heavy atom. The molecule has 27 heteroatoms. The van der Waals surface area contributed by atoms with Gasteiger partial charge in [-0.25, -0.2) is 39.1 Å². The van der Waals surface area contributed by atoms with Gasteiger partial charge in [-0.05, 0) is 167 Å². The predicted molar refractivity (Wildman–Crippen MR) is 434 cm³/mol. The highest BCUT2D eigenvalue weighted by Gasteiger charge is 2.63. The molecule has 0 radical (unpaired) electrons. The van der Waals surface area contributed by atoms with Gasteiger partial charge in [0.25, 0.3) is 0 Å². The van der Waals surface area contributed by atoms with Crippen molar-refractivity contribution >= 4 is 92.5 Å². The Labute approximate surface area is 676 Å².